The number of hydrogen-bond acceptors (Lipinski definition) is 3. The zero-order valence-corrected chi connectivity index (χ0v) is 18.3. The molecule has 0 radical (unpaired) electrons. The number of fused-ring (bicyclic) bond motifs is 4. The molecule has 0 saturated carbocycles. The van der Waals surface area contributed by atoms with E-state index in [0.29, 0.717) is 36.2 Å². The molecule has 4 fully saturated rings. The summed E-state index contributed by atoms with van der Waals surface area (Å²) in [6.45, 7) is 7.10. The highest BCUT2D eigenvalue weighted by Crippen LogP contribution is 2.39. The van der Waals surface area contributed by atoms with Crippen molar-refractivity contribution in [3.63, 3.8) is 0 Å². The lowest BCUT2D eigenvalue weighted by Gasteiger charge is -2.54. The van der Waals surface area contributed by atoms with Gasteiger partial charge < -0.3 is 9.80 Å². The number of nitrogens with zero attached hydrogens (tertiary/aromatic N) is 3. The number of amides is 2. The van der Waals surface area contributed by atoms with E-state index < -0.39 is 0 Å². The molecule has 162 valence electrons. The van der Waals surface area contributed by atoms with E-state index in [4.69, 9.17) is 0 Å². The lowest BCUT2D eigenvalue weighted by molar-refractivity contribution is -0.146. The largest absolute Gasteiger partial charge is 0.342 e. The predicted octanol–water partition coefficient (Wildman–Crippen LogP) is 2.86. The Labute approximate surface area is 180 Å². The second kappa shape index (κ2) is 8.33. The molecule has 0 aliphatic carbocycles. The third kappa shape index (κ3) is 4.01. The zero-order valence-electron chi connectivity index (χ0n) is 18.3. The summed E-state index contributed by atoms with van der Waals surface area (Å²) < 4.78 is 0. The monoisotopic (exact) mass is 409 g/mol. The summed E-state index contributed by atoms with van der Waals surface area (Å²) in [7, 11) is 0. The van der Waals surface area contributed by atoms with Crippen molar-refractivity contribution in [1.29, 1.82) is 0 Å². The Morgan fingerprint density at radius 1 is 1.10 bits per heavy atom. The number of hydrogen-bond donors (Lipinski definition) is 0. The number of rotatable bonds is 3. The van der Waals surface area contributed by atoms with E-state index >= 15 is 0 Å². The number of likely N-dealkylation sites (tertiary alicyclic amines) is 2. The third-order valence-corrected chi connectivity index (χ3v) is 7.98. The van der Waals surface area contributed by atoms with Gasteiger partial charge in [-0.05, 0) is 56.4 Å². The molecule has 30 heavy (non-hydrogen) atoms. The molecular weight excluding hydrogens is 374 g/mol. The normalized spacial score (nSPS) is 30.3. The van der Waals surface area contributed by atoms with Crippen LogP contribution in [0, 0.1) is 18.8 Å². The highest BCUT2D eigenvalue weighted by molar-refractivity contribution is 5.79. The second-order valence-corrected chi connectivity index (χ2v) is 10.1. The molecule has 2 bridgehead atoms. The first-order chi connectivity index (χ1) is 14.6. The van der Waals surface area contributed by atoms with E-state index in [1.807, 2.05) is 6.07 Å². The average Bonchev–Trinajstić information content (AvgIpc) is 2.74. The summed E-state index contributed by atoms with van der Waals surface area (Å²) in [5.74, 6) is 1.96. The summed E-state index contributed by atoms with van der Waals surface area (Å²) in [5.41, 5.74) is 2.34. The first kappa shape index (κ1) is 20.0. The van der Waals surface area contributed by atoms with Crippen LogP contribution in [-0.4, -0.2) is 71.3 Å². The van der Waals surface area contributed by atoms with Crippen molar-refractivity contribution in [2.75, 3.05) is 32.7 Å². The smallest absolute Gasteiger partial charge is 0.226 e. The molecule has 5 nitrogen and oxygen atoms in total. The Hall–Kier alpha value is -1.88. The molecule has 0 aromatic heterocycles. The molecule has 0 spiro atoms. The summed E-state index contributed by atoms with van der Waals surface area (Å²) >= 11 is 0. The average molecular weight is 410 g/mol. The number of piperidine rings is 4. The lowest BCUT2D eigenvalue weighted by atomic mass is 9.75. The lowest BCUT2D eigenvalue weighted by Crippen LogP contribution is -2.62. The number of benzene rings is 1. The van der Waals surface area contributed by atoms with Crippen LogP contribution in [0.1, 0.15) is 49.7 Å². The van der Waals surface area contributed by atoms with Gasteiger partial charge in [-0.25, -0.2) is 0 Å². The Morgan fingerprint density at radius 3 is 2.73 bits per heavy atom. The fraction of sp³-hybridized carbons (Fsp3) is 0.680. The van der Waals surface area contributed by atoms with E-state index in [2.05, 4.69) is 39.8 Å². The first-order valence-corrected chi connectivity index (χ1v) is 11.9. The zero-order chi connectivity index (χ0) is 20.7. The Bertz CT molecular complexity index is 801. The van der Waals surface area contributed by atoms with Crippen molar-refractivity contribution >= 4 is 11.8 Å². The fourth-order valence-corrected chi connectivity index (χ4v) is 6.54. The highest BCUT2D eigenvalue weighted by Gasteiger charge is 2.45. The van der Waals surface area contributed by atoms with Crippen LogP contribution in [0.3, 0.4) is 0 Å². The molecule has 0 N–H and O–H groups in total. The van der Waals surface area contributed by atoms with Gasteiger partial charge in [0.15, 0.2) is 0 Å². The maximum Gasteiger partial charge on any atom is 0.226 e. The van der Waals surface area contributed by atoms with Gasteiger partial charge in [0.1, 0.15) is 0 Å². The number of carbonyl (C=O) groups excluding carboxylic acids is 2. The van der Waals surface area contributed by atoms with Crippen LogP contribution in [0.25, 0.3) is 0 Å². The molecule has 4 aliphatic heterocycles. The Kier molecular flexibility index (Phi) is 5.57. The molecule has 4 heterocycles. The van der Waals surface area contributed by atoms with Gasteiger partial charge in [0.05, 0.1) is 6.42 Å². The number of aryl methyl sites for hydroxylation is 1. The predicted molar refractivity (Wildman–Crippen MR) is 117 cm³/mol. The molecule has 0 unspecified atom stereocenters. The van der Waals surface area contributed by atoms with Crippen LogP contribution < -0.4 is 0 Å². The topological polar surface area (TPSA) is 43.9 Å². The van der Waals surface area contributed by atoms with E-state index in [1.54, 1.807) is 0 Å². The SMILES string of the molecule is Cc1cccc(CC(=O)N2CCC(N3C[C@H]4C[C@H](C3)[C@H]3CCCC(=O)N3C4)CC2)c1. The van der Waals surface area contributed by atoms with Gasteiger partial charge in [0.2, 0.25) is 11.8 Å². The van der Waals surface area contributed by atoms with Gasteiger partial charge in [-0.1, -0.05) is 29.8 Å². The summed E-state index contributed by atoms with van der Waals surface area (Å²) in [5, 5.41) is 0. The number of carbonyl (C=O) groups is 2. The third-order valence-electron chi connectivity index (χ3n) is 7.98. The Morgan fingerprint density at radius 2 is 1.93 bits per heavy atom. The van der Waals surface area contributed by atoms with Crippen molar-refractivity contribution in [2.45, 2.75) is 64.0 Å². The molecule has 4 saturated heterocycles. The van der Waals surface area contributed by atoms with Crippen LogP contribution in [-0.2, 0) is 16.0 Å². The Balaban J connectivity index is 1.15. The maximum atomic E-state index is 12.8. The molecule has 3 atom stereocenters. The van der Waals surface area contributed by atoms with E-state index in [-0.39, 0.29) is 5.91 Å². The van der Waals surface area contributed by atoms with E-state index in [1.165, 1.54) is 18.4 Å². The van der Waals surface area contributed by atoms with Crippen LogP contribution in [0.4, 0.5) is 0 Å². The minimum Gasteiger partial charge on any atom is -0.342 e. The van der Waals surface area contributed by atoms with Crippen molar-refractivity contribution in [2.24, 2.45) is 11.8 Å². The minimum atomic E-state index is 0.269. The van der Waals surface area contributed by atoms with Crippen molar-refractivity contribution < 1.29 is 9.59 Å². The molecule has 5 heteroatoms. The maximum absolute atomic E-state index is 12.8. The van der Waals surface area contributed by atoms with Crippen LogP contribution in [0.2, 0.25) is 0 Å². The highest BCUT2D eigenvalue weighted by atomic mass is 16.2. The van der Waals surface area contributed by atoms with Crippen LogP contribution >= 0.6 is 0 Å². The van der Waals surface area contributed by atoms with Crippen molar-refractivity contribution in [3.8, 4) is 0 Å². The van der Waals surface area contributed by atoms with E-state index in [9.17, 15) is 9.59 Å². The van der Waals surface area contributed by atoms with Crippen LogP contribution in [0.15, 0.2) is 24.3 Å². The van der Waals surface area contributed by atoms with Crippen molar-refractivity contribution in [3.05, 3.63) is 35.4 Å². The fourth-order valence-electron chi connectivity index (χ4n) is 6.54. The van der Waals surface area contributed by atoms with Crippen LogP contribution in [0.5, 0.6) is 0 Å². The molecule has 1 aromatic carbocycles. The van der Waals surface area contributed by atoms with Gasteiger partial charge in [-0.2, -0.15) is 0 Å². The molecule has 2 amide bonds. The summed E-state index contributed by atoms with van der Waals surface area (Å²) in [6.07, 6.45) is 7.03. The quantitative estimate of drug-likeness (QED) is 0.771. The van der Waals surface area contributed by atoms with Gasteiger partial charge >= 0.3 is 0 Å². The van der Waals surface area contributed by atoms with Gasteiger partial charge in [0, 0.05) is 51.2 Å². The minimum absolute atomic E-state index is 0.269. The van der Waals surface area contributed by atoms with Crippen molar-refractivity contribution in [1.82, 2.24) is 14.7 Å². The second-order valence-electron chi connectivity index (χ2n) is 10.1. The van der Waals surface area contributed by atoms with Gasteiger partial charge in [0.25, 0.3) is 0 Å². The summed E-state index contributed by atoms with van der Waals surface area (Å²) in [4.78, 5) is 32.2. The van der Waals surface area contributed by atoms with Gasteiger partial charge in [-0.15, -0.1) is 0 Å². The summed E-state index contributed by atoms with van der Waals surface area (Å²) in [6, 6.07) is 9.39. The molecule has 4 aliphatic rings. The standard InChI is InChI=1S/C25H35N3O2/c1-18-4-2-5-19(12-18)14-25(30)26-10-8-22(9-11-26)27-15-20-13-21(17-27)23-6-3-7-24(29)28(23)16-20/h2,4-5,12,20-23H,3,6-11,13-17H2,1H3/t20-,21-,23-/m1/s1. The molecule has 5 rings (SSSR count). The van der Waals surface area contributed by atoms with Gasteiger partial charge in [-0.3, -0.25) is 14.5 Å². The molecular formula is C25H35N3O2. The first-order valence-electron chi connectivity index (χ1n) is 11.9. The van der Waals surface area contributed by atoms with E-state index in [0.717, 1.165) is 64.0 Å². The molecule has 1 aromatic rings.